The zero-order chi connectivity index (χ0) is 18.4. The van der Waals surface area contributed by atoms with Crippen LogP contribution in [-0.4, -0.2) is 28.4 Å². The second kappa shape index (κ2) is 7.97. The summed E-state index contributed by atoms with van der Waals surface area (Å²) in [6.07, 6.45) is 1.75. The molecule has 0 fully saturated rings. The van der Waals surface area contributed by atoms with E-state index in [0.29, 0.717) is 39.9 Å². The lowest BCUT2D eigenvalue weighted by molar-refractivity contribution is 0.324. The van der Waals surface area contributed by atoms with Crippen LogP contribution in [0.25, 0.3) is 16.6 Å². The van der Waals surface area contributed by atoms with E-state index in [-0.39, 0.29) is 0 Å². The minimum atomic E-state index is 0.422. The molecule has 0 amide bonds. The standard InChI is InChI=1S/C19H20N2O4/c1-21-15(8-12-6-7-14(20)16(9-12)22-2)13-10-17(23-3)19(25-5)18(11-13)24-4/h6-11H,20H2,2-5H3/b15-8+. The average molecular weight is 340 g/mol. The van der Waals surface area contributed by atoms with Gasteiger partial charge in [0.1, 0.15) is 5.75 Å². The number of methoxy groups -OCH3 is 4. The first-order chi connectivity index (χ1) is 12.1. The molecule has 0 saturated carbocycles. The smallest absolute Gasteiger partial charge is 0.203 e. The van der Waals surface area contributed by atoms with E-state index >= 15 is 0 Å². The van der Waals surface area contributed by atoms with Gasteiger partial charge < -0.3 is 24.7 Å². The second-order valence-electron chi connectivity index (χ2n) is 5.06. The van der Waals surface area contributed by atoms with E-state index in [2.05, 4.69) is 4.85 Å². The molecule has 0 aromatic heterocycles. The molecule has 0 heterocycles. The van der Waals surface area contributed by atoms with Crippen LogP contribution in [0, 0.1) is 6.57 Å². The predicted octanol–water partition coefficient (Wildman–Crippen LogP) is 3.72. The Morgan fingerprint density at radius 1 is 0.920 bits per heavy atom. The van der Waals surface area contributed by atoms with Crippen molar-refractivity contribution in [1.29, 1.82) is 0 Å². The van der Waals surface area contributed by atoms with Gasteiger partial charge in [0, 0.05) is 0 Å². The van der Waals surface area contributed by atoms with E-state index in [0.717, 1.165) is 5.56 Å². The maximum atomic E-state index is 7.53. The highest BCUT2D eigenvalue weighted by atomic mass is 16.5. The van der Waals surface area contributed by atoms with Crippen molar-refractivity contribution in [2.75, 3.05) is 34.2 Å². The van der Waals surface area contributed by atoms with Gasteiger partial charge in [0.2, 0.25) is 5.75 Å². The summed E-state index contributed by atoms with van der Waals surface area (Å²) in [6.45, 7) is 7.53. The maximum absolute atomic E-state index is 7.53. The zero-order valence-electron chi connectivity index (χ0n) is 14.6. The lowest BCUT2D eigenvalue weighted by atomic mass is 10.1. The van der Waals surface area contributed by atoms with Crippen LogP contribution < -0.4 is 24.7 Å². The van der Waals surface area contributed by atoms with Gasteiger partial charge in [-0.25, -0.2) is 4.85 Å². The Morgan fingerprint density at radius 3 is 2.00 bits per heavy atom. The molecule has 0 aliphatic heterocycles. The van der Waals surface area contributed by atoms with Crippen LogP contribution in [0.1, 0.15) is 11.1 Å². The molecule has 0 saturated heterocycles. The minimum absolute atomic E-state index is 0.422. The first-order valence-corrected chi connectivity index (χ1v) is 7.41. The third-order valence-electron chi connectivity index (χ3n) is 3.64. The summed E-state index contributed by atoms with van der Waals surface area (Å²) in [7, 11) is 6.15. The van der Waals surface area contributed by atoms with Crippen molar-refractivity contribution in [3.8, 4) is 23.0 Å². The molecule has 0 atom stereocenters. The predicted molar refractivity (Wildman–Crippen MR) is 98.0 cm³/mol. The monoisotopic (exact) mass is 340 g/mol. The fourth-order valence-corrected chi connectivity index (χ4v) is 2.38. The van der Waals surface area contributed by atoms with Crippen LogP contribution >= 0.6 is 0 Å². The lowest BCUT2D eigenvalue weighted by Crippen LogP contribution is -1.96. The van der Waals surface area contributed by atoms with Crippen LogP contribution in [0.3, 0.4) is 0 Å². The van der Waals surface area contributed by atoms with Gasteiger partial charge in [-0.1, -0.05) is 6.07 Å². The van der Waals surface area contributed by atoms with E-state index < -0.39 is 0 Å². The fraction of sp³-hybridized carbons (Fsp3) is 0.211. The molecule has 6 nitrogen and oxygen atoms in total. The number of anilines is 1. The normalized spacial score (nSPS) is 10.8. The van der Waals surface area contributed by atoms with Gasteiger partial charge in [0.05, 0.1) is 40.7 Å². The second-order valence-corrected chi connectivity index (χ2v) is 5.06. The van der Waals surface area contributed by atoms with Gasteiger partial charge >= 0.3 is 0 Å². The van der Waals surface area contributed by atoms with Crippen molar-refractivity contribution < 1.29 is 18.9 Å². The number of nitrogen functional groups attached to an aromatic ring is 1. The topological polar surface area (TPSA) is 67.3 Å². The zero-order valence-corrected chi connectivity index (χ0v) is 14.6. The molecule has 2 aromatic rings. The van der Waals surface area contributed by atoms with Gasteiger partial charge in [-0.3, -0.25) is 0 Å². The summed E-state index contributed by atoms with van der Waals surface area (Å²) in [5.41, 5.74) is 8.24. The average Bonchev–Trinajstić information content (AvgIpc) is 2.65. The first kappa shape index (κ1) is 18.0. The summed E-state index contributed by atoms with van der Waals surface area (Å²) in [4.78, 5) is 3.62. The maximum Gasteiger partial charge on any atom is 0.203 e. The highest BCUT2D eigenvalue weighted by molar-refractivity contribution is 5.87. The Kier molecular flexibility index (Phi) is 5.75. The quantitative estimate of drug-likeness (QED) is 0.493. The number of benzene rings is 2. The van der Waals surface area contributed by atoms with E-state index in [4.69, 9.17) is 31.3 Å². The van der Waals surface area contributed by atoms with Gasteiger partial charge in [0.15, 0.2) is 17.2 Å². The Balaban J connectivity index is 2.56. The van der Waals surface area contributed by atoms with E-state index in [1.807, 2.05) is 6.07 Å². The highest BCUT2D eigenvalue weighted by Crippen LogP contribution is 2.40. The molecular weight excluding hydrogens is 320 g/mol. The van der Waals surface area contributed by atoms with Gasteiger partial charge in [-0.15, -0.1) is 0 Å². The first-order valence-electron chi connectivity index (χ1n) is 7.41. The largest absolute Gasteiger partial charge is 0.495 e. The molecule has 2 N–H and O–H groups in total. The third-order valence-corrected chi connectivity index (χ3v) is 3.64. The van der Waals surface area contributed by atoms with Gasteiger partial charge in [-0.05, 0) is 41.5 Å². The van der Waals surface area contributed by atoms with Crippen molar-refractivity contribution >= 4 is 17.5 Å². The van der Waals surface area contributed by atoms with Crippen molar-refractivity contribution in [2.45, 2.75) is 0 Å². The van der Waals surface area contributed by atoms with Crippen LogP contribution in [0.2, 0.25) is 0 Å². The number of hydrogen-bond donors (Lipinski definition) is 1. The molecule has 0 aliphatic carbocycles. The van der Waals surface area contributed by atoms with Crippen molar-refractivity contribution in [3.63, 3.8) is 0 Å². The molecule has 2 rings (SSSR count). The van der Waals surface area contributed by atoms with E-state index in [1.165, 1.54) is 21.3 Å². The summed E-state index contributed by atoms with van der Waals surface area (Å²) in [5.74, 6) is 2.01. The van der Waals surface area contributed by atoms with Crippen LogP contribution in [0.5, 0.6) is 23.0 Å². The van der Waals surface area contributed by atoms with Crippen LogP contribution in [0.4, 0.5) is 5.69 Å². The van der Waals surface area contributed by atoms with Gasteiger partial charge in [0.25, 0.3) is 0 Å². The number of rotatable bonds is 6. The Labute approximate surface area is 147 Å². The lowest BCUT2D eigenvalue weighted by Gasteiger charge is -2.14. The molecule has 6 heteroatoms. The summed E-state index contributed by atoms with van der Waals surface area (Å²) in [5, 5.41) is 0. The Hall–Kier alpha value is -3.33. The summed E-state index contributed by atoms with van der Waals surface area (Å²) < 4.78 is 21.2. The fourth-order valence-electron chi connectivity index (χ4n) is 2.38. The Bertz CT molecular complexity index is 813. The molecule has 0 spiro atoms. The van der Waals surface area contributed by atoms with E-state index in [1.54, 1.807) is 37.5 Å². The number of nitrogens with zero attached hydrogens (tertiary/aromatic N) is 1. The molecule has 0 bridgehead atoms. The van der Waals surface area contributed by atoms with Crippen LogP contribution in [0.15, 0.2) is 30.3 Å². The number of ether oxygens (including phenoxy) is 4. The number of hydrogen-bond acceptors (Lipinski definition) is 5. The van der Waals surface area contributed by atoms with Crippen LogP contribution in [-0.2, 0) is 0 Å². The van der Waals surface area contributed by atoms with Gasteiger partial charge in [-0.2, -0.15) is 0 Å². The van der Waals surface area contributed by atoms with Crippen molar-refractivity contribution in [2.24, 2.45) is 0 Å². The SMILES string of the molecule is [C-]#[N+]/C(=C/c1ccc(N)c(OC)c1)c1cc(OC)c(OC)c(OC)c1. The minimum Gasteiger partial charge on any atom is -0.495 e. The molecule has 0 aliphatic rings. The molecule has 25 heavy (non-hydrogen) atoms. The summed E-state index contributed by atoms with van der Waals surface area (Å²) in [6, 6.07) is 8.81. The Morgan fingerprint density at radius 2 is 1.52 bits per heavy atom. The van der Waals surface area contributed by atoms with E-state index in [9.17, 15) is 0 Å². The van der Waals surface area contributed by atoms with Crippen molar-refractivity contribution in [3.05, 3.63) is 52.9 Å². The molecule has 130 valence electrons. The summed E-state index contributed by atoms with van der Waals surface area (Å²) >= 11 is 0. The molecular formula is C19H20N2O4. The molecule has 0 radical (unpaired) electrons. The van der Waals surface area contributed by atoms with Crippen molar-refractivity contribution in [1.82, 2.24) is 0 Å². The third kappa shape index (κ3) is 3.78. The molecule has 2 aromatic carbocycles. The highest BCUT2D eigenvalue weighted by Gasteiger charge is 2.15. The molecule has 0 unspecified atom stereocenters. The number of nitrogens with two attached hydrogens (primary N) is 1.